The van der Waals surface area contributed by atoms with Crippen LogP contribution in [0, 0.1) is 0 Å². The van der Waals surface area contributed by atoms with Crippen LogP contribution in [0.4, 0.5) is 11.8 Å². The Hall–Kier alpha value is -1.82. The Morgan fingerprint density at radius 2 is 2.00 bits per heavy atom. The topological polar surface area (TPSA) is 70.1 Å². The molecule has 0 amide bonds. The molecule has 5 nitrogen and oxygen atoms in total. The first-order chi connectivity index (χ1) is 9.19. The molecule has 2 rings (SSSR count). The van der Waals surface area contributed by atoms with Gasteiger partial charge in [0.2, 0.25) is 5.95 Å². The van der Waals surface area contributed by atoms with Gasteiger partial charge < -0.3 is 15.7 Å². The molecular formula is C13H15BrN4O. The summed E-state index contributed by atoms with van der Waals surface area (Å²) >= 11 is 3.41. The van der Waals surface area contributed by atoms with Crippen molar-refractivity contribution in [2.24, 2.45) is 0 Å². The third-order valence-electron chi connectivity index (χ3n) is 2.61. The highest BCUT2D eigenvalue weighted by molar-refractivity contribution is 9.10. The molecule has 0 saturated heterocycles. The highest BCUT2D eigenvalue weighted by Crippen LogP contribution is 2.20. The van der Waals surface area contributed by atoms with Gasteiger partial charge in [0, 0.05) is 19.8 Å². The lowest BCUT2D eigenvalue weighted by Gasteiger charge is -2.08. The minimum atomic E-state index is 0.286. The van der Waals surface area contributed by atoms with E-state index in [-0.39, 0.29) is 5.75 Å². The maximum Gasteiger partial charge on any atom is 0.224 e. The van der Waals surface area contributed by atoms with Crippen molar-refractivity contribution in [3.05, 3.63) is 40.5 Å². The Morgan fingerprint density at radius 1 is 1.26 bits per heavy atom. The van der Waals surface area contributed by atoms with Crippen LogP contribution in [0.1, 0.15) is 5.56 Å². The standard InChI is InChI=1S/C13H15BrN4O/c1-15-13-17-8-11(14)12(18-13)16-7-6-9-2-4-10(19)5-3-9/h2-5,8,19H,6-7H2,1H3,(H2,15,16,17,18). The second-order valence-electron chi connectivity index (χ2n) is 3.98. The van der Waals surface area contributed by atoms with Gasteiger partial charge in [-0.15, -0.1) is 0 Å². The van der Waals surface area contributed by atoms with E-state index in [9.17, 15) is 5.11 Å². The minimum Gasteiger partial charge on any atom is -0.508 e. The van der Waals surface area contributed by atoms with Gasteiger partial charge in [-0.2, -0.15) is 4.98 Å². The van der Waals surface area contributed by atoms with E-state index in [0.29, 0.717) is 5.95 Å². The minimum absolute atomic E-state index is 0.286. The first kappa shape index (κ1) is 13.6. The number of hydrogen-bond donors (Lipinski definition) is 3. The van der Waals surface area contributed by atoms with Gasteiger partial charge in [0.15, 0.2) is 0 Å². The van der Waals surface area contributed by atoms with Crippen LogP contribution < -0.4 is 10.6 Å². The summed E-state index contributed by atoms with van der Waals surface area (Å²) in [5, 5.41) is 15.4. The summed E-state index contributed by atoms with van der Waals surface area (Å²) in [5.74, 6) is 1.63. The van der Waals surface area contributed by atoms with Gasteiger partial charge in [-0.1, -0.05) is 12.1 Å². The van der Waals surface area contributed by atoms with E-state index in [2.05, 4.69) is 36.5 Å². The van der Waals surface area contributed by atoms with Crippen LogP contribution in [0.25, 0.3) is 0 Å². The van der Waals surface area contributed by atoms with Crippen LogP contribution in [0.3, 0.4) is 0 Å². The number of halogens is 1. The molecule has 6 heteroatoms. The van der Waals surface area contributed by atoms with E-state index < -0.39 is 0 Å². The molecule has 19 heavy (non-hydrogen) atoms. The summed E-state index contributed by atoms with van der Waals surface area (Å²) in [6.07, 6.45) is 2.56. The third kappa shape index (κ3) is 3.82. The number of nitrogens with one attached hydrogen (secondary N) is 2. The number of benzene rings is 1. The van der Waals surface area contributed by atoms with E-state index >= 15 is 0 Å². The van der Waals surface area contributed by atoms with Crippen molar-refractivity contribution < 1.29 is 5.11 Å². The summed E-state index contributed by atoms with van der Waals surface area (Å²) in [6.45, 7) is 0.754. The predicted molar refractivity (Wildman–Crippen MR) is 79.6 cm³/mol. The fraction of sp³-hybridized carbons (Fsp3) is 0.231. The fourth-order valence-electron chi connectivity index (χ4n) is 1.60. The second-order valence-corrected chi connectivity index (χ2v) is 4.84. The van der Waals surface area contributed by atoms with Crippen molar-refractivity contribution in [3.63, 3.8) is 0 Å². The summed E-state index contributed by atoms with van der Waals surface area (Å²) < 4.78 is 0.831. The van der Waals surface area contributed by atoms with Gasteiger partial charge in [-0.25, -0.2) is 4.98 Å². The zero-order valence-electron chi connectivity index (χ0n) is 10.5. The quantitative estimate of drug-likeness (QED) is 0.789. The Morgan fingerprint density at radius 3 is 2.68 bits per heavy atom. The van der Waals surface area contributed by atoms with Crippen molar-refractivity contribution in [2.75, 3.05) is 24.2 Å². The first-order valence-corrected chi connectivity index (χ1v) is 6.70. The zero-order valence-corrected chi connectivity index (χ0v) is 12.1. The second kappa shape index (κ2) is 6.38. The Balaban J connectivity index is 1.93. The lowest BCUT2D eigenvalue weighted by atomic mass is 10.1. The highest BCUT2D eigenvalue weighted by atomic mass is 79.9. The van der Waals surface area contributed by atoms with Crippen molar-refractivity contribution in [1.82, 2.24) is 9.97 Å². The Labute approximate surface area is 120 Å². The number of phenolic OH excluding ortho intramolecular Hbond substituents is 1. The van der Waals surface area contributed by atoms with E-state index in [1.54, 1.807) is 25.4 Å². The Bertz CT molecular complexity index is 545. The van der Waals surface area contributed by atoms with Crippen LogP contribution in [-0.2, 0) is 6.42 Å². The van der Waals surface area contributed by atoms with Gasteiger partial charge in [0.05, 0.1) is 4.47 Å². The van der Waals surface area contributed by atoms with Crippen molar-refractivity contribution in [3.8, 4) is 5.75 Å². The molecule has 0 saturated carbocycles. The largest absolute Gasteiger partial charge is 0.508 e. The van der Waals surface area contributed by atoms with Crippen LogP contribution in [0.2, 0.25) is 0 Å². The molecule has 100 valence electrons. The summed E-state index contributed by atoms with van der Waals surface area (Å²) in [5.41, 5.74) is 1.16. The van der Waals surface area contributed by atoms with Gasteiger partial charge in [-0.3, -0.25) is 0 Å². The molecule has 0 aliphatic carbocycles. The number of anilines is 2. The summed E-state index contributed by atoms with van der Waals surface area (Å²) in [6, 6.07) is 7.19. The smallest absolute Gasteiger partial charge is 0.224 e. The predicted octanol–water partition coefficient (Wildman–Crippen LogP) is 2.64. The molecule has 0 bridgehead atoms. The number of rotatable bonds is 5. The van der Waals surface area contributed by atoms with Crippen LogP contribution in [-0.4, -0.2) is 28.7 Å². The van der Waals surface area contributed by atoms with E-state index in [1.807, 2.05) is 12.1 Å². The molecule has 0 aliphatic heterocycles. The maximum atomic E-state index is 9.21. The van der Waals surface area contributed by atoms with E-state index in [4.69, 9.17) is 0 Å². The van der Waals surface area contributed by atoms with Gasteiger partial charge in [-0.05, 0) is 40.0 Å². The van der Waals surface area contributed by atoms with E-state index in [0.717, 1.165) is 28.8 Å². The Kier molecular flexibility index (Phi) is 4.57. The third-order valence-corrected chi connectivity index (χ3v) is 3.19. The molecule has 1 heterocycles. The molecule has 0 atom stereocenters. The number of phenols is 1. The fourth-order valence-corrected chi connectivity index (χ4v) is 1.93. The zero-order chi connectivity index (χ0) is 13.7. The number of aromatic hydroxyl groups is 1. The van der Waals surface area contributed by atoms with Crippen LogP contribution in [0.15, 0.2) is 34.9 Å². The molecule has 3 N–H and O–H groups in total. The molecule has 0 fully saturated rings. The number of hydrogen-bond acceptors (Lipinski definition) is 5. The molecule has 0 radical (unpaired) electrons. The average molecular weight is 323 g/mol. The molecule has 0 unspecified atom stereocenters. The molecule has 1 aromatic heterocycles. The maximum absolute atomic E-state index is 9.21. The van der Waals surface area contributed by atoms with Crippen LogP contribution >= 0.6 is 15.9 Å². The summed E-state index contributed by atoms with van der Waals surface area (Å²) in [7, 11) is 1.78. The van der Waals surface area contributed by atoms with Crippen molar-refractivity contribution in [2.45, 2.75) is 6.42 Å². The molecule has 0 aliphatic rings. The molecule has 2 aromatic rings. The molecule has 0 spiro atoms. The van der Waals surface area contributed by atoms with Crippen LogP contribution in [0.5, 0.6) is 5.75 Å². The SMILES string of the molecule is CNc1ncc(Br)c(NCCc2ccc(O)cc2)n1. The number of nitrogens with zero attached hydrogens (tertiary/aromatic N) is 2. The average Bonchev–Trinajstić information content (AvgIpc) is 2.43. The molecule has 1 aromatic carbocycles. The first-order valence-electron chi connectivity index (χ1n) is 5.91. The highest BCUT2D eigenvalue weighted by Gasteiger charge is 2.03. The van der Waals surface area contributed by atoms with E-state index in [1.165, 1.54) is 0 Å². The lowest BCUT2D eigenvalue weighted by molar-refractivity contribution is 0.475. The van der Waals surface area contributed by atoms with Crippen molar-refractivity contribution in [1.29, 1.82) is 0 Å². The van der Waals surface area contributed by atoms with Gasteiger partial charge in [0.1, 0.15) is 11.6 Å². The van der Waals surface area contributed by atoms with Crippen molar-refractivity contribution >= 4 is 27.7 Å². The monoisotopic (exact) mass is 322 g/mol. The molecular weight excluding hydrogens is 308 g/mol. The normalized spacial score (nSPS) is 10.2. The van der Waals surface area contributed by atoms with Gasteiger partial charge >= 0.3 is 0 Å². The number of aromatic nitrogens is 2. The lowest BCUT2D eigenvalue weighted by Crippen LogP contribution is -2.08. The summed E-state index contributed by atoms with van der Waals surface area (Å²) in [4.78, 5) is 8.41. The van der Waals surface area contributed by atoms with Gasteiger partial charge in [0.25, 0.3) is 0 Å².